The van der Waals surface area contributed by atoms with E-state index in [1.807, 2.05) is 6.07 Å². The maximum Gasteiger partial charge on any atom is 0.410 e. The molecule has 1 saturated heterocycles. The molecule has 0 atom stereocenters. The fourth-order valence-corrected chi connectivity index (χ4v) is 3.86. The Kier molecular flexibility index (Phi) is 4.94. The summed E-state index contributed by atoms with van der Waals surface area (Å²) < 4.78 is 32.3. The molecule has 154 valence electrons. The quantitative estimate of drug-likeness (QED) is 0.712. The Morgan fingerprint density at radius 1 is 1.13 bits per heavy atom. The number of benzene rings is 1. The van der Waals surface area contributed by atoms with Crippen LogP contribution in [0.25, 0.3) is 11.3 Å². The highest BCUT2D eigenvalue weighted by molar-refractivity contribution is 5.99. The zero-order valence-corrected chi connectivity index (χ0v) is 16.0. The first-order valence-electron chi connectivity index (χ1n) is 9.51. The molecule has 2 aliphatic rings. The number of hydrogen-bond acceptors (Lipinski definition) is 6. The minimum atomic E-state index is -2.73. The van der Waals surface area contributed by atoms with Gasteiger partial charge >= 0.3 is 6.09 Å². The molecular formula is C21H18F2N4O3. The van der Waals surface area contributed by atoms with E-state index in [4.69, 9.17) is 10.00 Å². The lowest BCUT2D eigenvalue weighted by Crippen LogP contribution is -2.42. The Balaban J connectivity index is 1.43. The highest BCUT2D eigenvalue weighted by atomic mass is 19.3. The molecule has 1 saturated carbocycles. The lowest BCUT2D eigenvalue weighted by molar-refractivity contribution is -0.0910. The lowest BCUT2D eigenvalue weighted by atomic mass is 9.82. The number of ether oxygens (including phenoxy) is 1. The van der Waals surface area contributed by atoms with Crippen LogP contribution >= 0.6 is 0 Å². The van der Waals surface area contributed by atoms with Crippen molar-refractivity contribution in [1.29, 1.82) is 5.26 Å². The summed E-state index contributed by atoms with van der Waals surface area (Å²) >= 11 is 0. The van der Waals surface area contributed by atoms with Crippen LogP contribution in [0.1, 0.15) is 41.7 Å². The zero-order valence-electron chi connectivity index (χ0n) is 16.0. The number of amides is 1. The number of carbonyl (C=O) groups is 2. The van der Waals surface area contributed by atoms with E-state index < -0.39 is 17.6 Å². The van der Waals surface area contributed by atoms with Crippen LogP contribution in [0.5, 0.6) is 0 Å². The Morgan fingerprint density at radius 3 is 2.47 bits per heavy atom. The lowest BCUT2D eigenvalue weighted by Gasteiger charge is -2.34. The summed E-state index contributed by atoms with van der Waals surface area (Å²) in [5.41, 5.74) is 0.685. The number of Topliss-reactive ketones (excluding diaryl/α,β-unsaturated/α-hetero) is 1. The molecule has 1 aliphatic heterocycles. The van der Waals surface area contributed by atoms with Crippen molar-refractivity contribution >= 4 is 11.9 Å². The van der Waals surface area contributed by atoms with E-state index in [0.717, 1.165) is 0 Å². The van der Waals surface area contributed by atoms with Crippen LogP contribution in [0.2, 0.25) is 0 Å². The van der Waals surface area contributed by atoms with Crippen molar-refractivity contribution in [2.45, 2.75) is 37.2 Å². The van der Waals surface area contributed by atoms with Gasteiger partial charge in [-0.15, -0.1) is 0 Å². The molecule has 9 heteroatoms. The van der Waals surface area contributed by atoms with Gasteiger partial charge in [0, 0.05) is 36.4 Å². The van der Waals surface area contributed by atoms with Crippen molar-refractivity contribution in [3.63, 3.8) is 0 Å². The summed E-state index contributed by atoms with van der Waals surface area (Å²) in [6.07, 6.45) is 1.78. The smallest absolute Gasteiger partial charge is 0.410 e. The maximum absolute atomic E-state index is 13.4. The van der Waals surface area contributed by atoms with Gasteiger partial charge in [-0.05, 0) is 12.8 Å². The Hall–Kier alpha value is -3.41. The van der Waals surface area contributed by atoms with Gasteiger partial charge in [0.1, 0.15) is 17.4 Å². The van der Waals surface area contributed by atoms with Crippen molar-refractivity contribution in [2.24, 2.45) is 0 Å². The van der Waals surface area contributed by atoms with Crippen molar-refractivity contribution in [3.8, 4) is 17.3 Å². The van der Waals surface area contributed by atoms with Crippen LogP contribution in [0.3, 0.4) is 0 Å². The van der Waals surface area contributed by atoms with Gasteiger partial charge in [-0.2, -0.15) is 5.26 Å². The number of nitriles is 1. The van der Waals surface area contributed by atoms with Crippen molar-refractivity contribution in [1.82, 2.24) is 14.9 Å². The predicted octanol–water partition coefficient (Wildman–Crippen LogP) is 3.60. The second-order valence-corrected chi connectivity index (χ2v) is 7.63. The van der Waals surface area contributed by atoms with Gasteiger partial charge in [0.25, 0.3) is 0 Å². The Labute approximate surface area is 171 Å². The van der Waals surface area contributed by atoms with Gasteiger partial charge in [-0.25, -0.2) is 18.6 Å². The maximum atomic E-state index is 13.4. The molecule has 0 radical (unpaired) electrons. The Morgan fingerprint density at radius 2 is 1.80 bits per heavy atom. The van der Waals surface area contributed by atoms with E-state index >= 15 is 0 Å². The summed E-state index contributed by atoms with van der Waals surface area (Å²) in [5, 5.41) is 9.14. The van der Waals surface area contributed by atoms with Gasteiger partial charge in [0.05, 0.1) is 13.1 Å². The second kappa shape index (κ2) is 7.44. The zero-order chi connectivity index (χ0) is 21.4. The predicted molar refractivity (Wildman–Crippen MR) is 101 cm³/mol. The van der Waals surface area contributed by atoms with Gasteiger partial charge in [0.15, 0.2) is 11.5 Å². The second-order valence-electron chi connectivity index (χ2n) is 7.63. The minimum absolute atomic E-state index is 0.0878. The van der Waals surface area contributed by atoms with E-state index in [1.54, 1.807) is 24.3 Å². The largest absolute Gasteiger partial charge is 0.441 e. The number of carbonyl (C=O) groups excluding carboxylic acids is 2. The topological polar surface area (TPSA) is 96.2 Å². The van der Waals surface area contributed by atoms with Gasteiger partial charge < -0.3 is 4.74 Å². The van der Waals surface area contributed by atoms with Crippen LogP contribution in [-0.4, -0.2) is 51.4 Å². The molecule has 1 aromatic carbocycles. The summed E-state index contributed by atoms with van der Waals surface area (Å²) in [7, 11) is 0. The third-order valence-corrected chi connectivity index (χ3v) is 5.55. The molecule has 7 nitrogen and oxygen atoms in total. The number of aromatic nitrogens is 2. The van der Waals surface area contributed by atoms with Gasteiger partial charge in [-0.3, -0.25) is 14.7 Å². The third kappa shape index (κ3) is 3.85. The highest BCUT2D eigenvalue weighted by Crippen LogP contribution is 2.43. The summed E-state index contributed by atoms with van der Waals surface area (Å²) in [5.74, 6) is -3.02. The normalized spacial score (nSPS) is 19.4. The first-order valence-corrected chi connectivity index (χ1v) is 9.51. The third-order valence-electron chi connectivity index (χ3n) is 5.55. The molecule has 0 unspecified atom stereocenters. The van der Waals surface area contributed by atoms with E-state index in [0.29, 0.717) is 16.8 Å². The van der Waals surface area contributed by atoms with Crippen LogP contribution < -0.4 is 0 Å². The van der Waals surface area contributed by atoms with E-state index in [2.05, 4.69) is 9.97 Å². The number of ketones is 1. The molecule has 1 amide bonds. The number of hydrogen-bond donors (Lipinski definition) is 0. The molecular weight excluding hydrogens is 394 g/mol. The van der Waals surface area contributed by atoms with E-state index in [9.17, 15) is 18.4 Å². The van der Waals surface area contributed by atoms with Crippen molar-refractivity contribution in [3.05, 3.63) is 47.9 Å². The van der Waals surface area contributed by atoms with Crippen LogP contribution in [0.4, 0.5) is 13.6 Å². The van der Waals surface area contributed by atoms with Crippen LogP contribution in [-0.2, 0) is 4.74 Å². The summed E-state index contributed by atoms with van der Waals surface area (Å²) in [6.45, 7) is -0.0538. The average Bonchev–Trinajstić information content (AvgIpc) is 3.05. The monoisotopic (exact) mass is 412 g/mol. The first-order chi connectivity index (χ1) is 14.3. The highest BCUT2D eigenvalue weighted by Gasteiger charge is 2.51. The molecule has 0 bridgehead atoms. The number of rotatable bonds is 4. The summed E-state index contributed by atoms with van der Waals surface area (Å²) in [4.78, 5) is 34.2. The van der Waals surface area contributed by atoms with Crippen LogP contribution in [0.15, 0.2) is 36.7 Å². The molecule has 2 fully saturated rings. The molecule has 1 aromatic heterocycles. The molecule has 30 heavy (non-hydrogen) atoms. The SMILES string of the molecule is N#Cc1nccnc1-c1ccc(C(=O)CN2CC3(CCC(F)(F)CC3)OC2=O)cc1. The van der Waals surface area contributed by atoms with Crippen molar-refractivity contribution < 1.29 is 23.1 Å². The average molecular weight is 412 g/mol. The Bertz CT molecular complexity index is 1020. The van der Waals surface area contributed by atoms with Gasteiger partial charge in [-0.1, -0.05) is 24.3 Å². The number of halogens is 2. The van der Waals surface area contributed by atoms with E-state index in [1.165, 1.54) is 17.3 Å². The minimum Gasteiger partial charge on any atom is -0.441 e. The fourth-order valence-electron chi connectivity index (χ4n) is 3.86. The molecule has 1 spiro atoms. The molecule has 0 N–H and O–H groups in total. The summed E-state index contributed by atoms with van der Waals surface area (Å²) in [6, 6.07) is 8.47. The molecule has 1 aliphatic carbocycles. The first kappa shape index (κ1) is 19.9. The standard InChI is InChI=1S/C21H18F2N4O3/c22-21(23)7-5-20(6-8-21)13-27(19(29)30-20)12-17(28)14-1-3-15(4-2-14)18-16(11-24)25-9-10-26-18/h1-4,9-10H,5-8,12-13H2. The van der Waals surface area contributed by atoms with Crippen molar-refractivity contribution in [2.75, 3.05) is 13.1 Å². The van der Waals surface area contributed by atoms with Gasteiger partial charge in [0.2, 0.25) is 5.92 Å². The van der Waals surface area contributed by atoms with Crippen LogP contribution in [0, 0.1) is 11.3 Å². The van der Waals surface area contributed by atoms with E-state index in [-0.39, 0.29) is 50.2 Å². The number of alkyl halides is 2. The molecule has 2 heterocycles. The number of nitrogens with zero attached hydrogens (tertiary/aromatic N) is 4. The molecule has 4 rings (SSSR count). The fraction of sp³-hybridized carbons (Fsp3) is 0.381. The molecule has 2 aromatic rings.